The molecule has 51 heavy (non-hydrogen) atoms. The van der Waals surface area contributed by atoms with Crippen molar-refractivity contribution in [3.63, 3.8) is 0 Å². The molecule has 0 N–H and O–H groups in total. The standard InChI is InChI=1S/C48H32N2S/c1-4-14-33(15-5-1)34-24-27-38(28-25-34)49(36-16-6-2-7-17-36)39-31-42(48-44(32-39)41-21-11-13-23-47(41)51-48)35-26-29-46-43(30-35)40-20-10-12-22-45(40)50(46)37-18-8-3-9-19-37/h1-32H. The molecule has 0 atom stereocenters. The van der Waals surface area contributed by atoms with E-state index in [-0.39, 0.29) is 0 Å². The summed E-state index contributed by atoms with van der Waals surface area (Å²) in [5.41, 5.74) is 11.8. The van der Waals surface area contributed by atoms with Gasteiger partial charge in [-0.25, -0.2) is 0 Å². The molecule has 10 rings (SSSR count). The van der Waals surface area contributed by atoms with Crippen molar-refractivity contribution in [2.45, 2.75) is 0 Å². The molecule has 2 heterocycles. The first kappa shape index (κ1) is 29.5. The Kier molecular flexibility index (Phi) is 7.04. The Morgan fingerprint density at radius 1 is 0.373 bits per heavy atom. The molecule has 240 valence electrons. The van der Waals surface area contributed by atoms with Crippen LogP contribution in [0, 0.1) is 0 Å². The van der Waals surface area contributed by atoms with Crippen molar-refractivity contribution in [1.29, 1.82) is 0 Å². The van der Waals surface area contributed by atoms with Crippen molar-refractivity contribution in [1.82, 2.24) is 4.57 Å². The fraction of sp³-hybridized carbons (Fsp3) is 0. The van der Waals surface area contributed by atoms with Gasteiger partial charge in [-0.2, -0.15) is 0 Å². The van der Waals surface area contributed by atoms with Crippen LogP contribution in [0.1, 0.15) is 0 Å². The molecule has 8 aromatic carbocycles. The van der Waals surface area contributed by atoms with Crippen LogP contribution in [0.3, 0.4) is 0 Å². The topological polar surface area (TPSA) is 8.17 Å². The summed E-state index contributed by atoms with van der Waals surface area (Å²) in [6, 6.07) is 70.3. The molecule has 10 aromatic rings. The van der Waals surface area contributed by atoms with Gasteiger partial charge in [0.15, 0.2) is 0 Å². The summed E-state index contributed by atoms with van der Waals surface area (Å²) < 4.78 is 4.99. The van der Waals surface area contributed by atoms with Crippen LogP contribution in [0.4, 0.5) is 17.1 Å². The van der Waals surface area contributed by atoms with Crippen LogP contribution < -0.4 is 4.90 Å². The molecule has 2 aromatic heterocycles. The van der Waals surface area contributed by atoms with Crippen molar-refractivity contribution in [2.24, 2.45) is 0 Å². The molecular formula is C48H32N2S. The molecule has 2 nitrogen and oxygen atoms in total. The third kappa shape index (κ3) is 5.01. The van der Waals surface area contributed by atoms with Gasteiger partial charge in [0.1, 0.15) is 0 Å². The van der Waals surface area contributed by atoms with Crippen molar-refractivity contribution in [2.75, 3.05) is 4.90 Å². The first-order valence-corrected chi connectivity index (χ1v) is 18.2. The first-order chi connectivity index (χ1) is 25.3. The highest BCUT2D eigenvalue weighted by Crippen LogP contribution is 2.46. The van der Waals surface area contributed by atoms with Crippen molar-refractivity contribution >= 4 is 70.4 Å². The summed E-state index contributed by atoms with van der Waals surface area (Å²) in [5.74, 6) is 0. The maximum Gasteiger partial charge on any atom is 0.0541 e. The van der Waals surface area contributed by atoms with E-state index in [2.05, 4.69) is 204 Å². The fourth-order valence-corrected chi connectivity index (χ4v) is 8.83. The summed E-state index contributed by atoms with van der Waals surface area (Å²) in [6.07, 6.45) is 0. The second-order valence-corrected chi connectivity index (χ2v) is 14.0. The SMILES string of the molecule is c1ccc(-c2ccc(N(c3ccccc3)c3cc(-c4ccc5c(c4)c4ccccc4n5-c4ccccc4)c4sc5ccccc5c4c3)cc2)cc1. The van der Waals surface area contributed by atoms with Gasteiger partial charge in [-0.05, 0) is 89.5 Å². The molecule has 0 saturated carbocycles. The molecule has 0 unspecified atom stereocenters. The minimum absolute atomic E-state index is 1.12. The van der Waals surface area contributed by atoms with Crippen LogP contribution in [0.25, 0.3) is 69.9 Å². The Bertz CT molecular complexity index is 2830. The predicted octanol–water partition coefficient (Wildman–Crippen LogP) is 14.0. The van der Waals surface area contributed by atoms with Gasteiger partial charge in [-0.1, -0.05) is 121 Å². The monoisotopic (exact) mass is 668 g/mol. The maximum atomic E-state index is 2.40. The molecule has 0 saturated heterocycles. The van der Waals surface area contributed by atoms with Gasteiger partial charge < -0.3 is 9.47 Å². The van der Waals surface area contributed by atoms with Gasteiger partial charge in [0.25, 0.3) is 0 Å². The van der Waals surface area contributed by atoms with Gasteiger partial charge >= 0.3 is 0 Å². The van der Waals surface area contributed by atoms with Crippen LogP contribution in [0.5, 0.6) is 0 Å². The average Bonchev–Trinajstić information content (AvgIpc) is 3.75. The zero-order valence-corrected chi connectivity index (χ0v) is 28.6. The summed E-state index contributed by atoms with van der Waals surface area (Å²) in [5, 5.41) is 5.07. The zero-order valence-electron chi connectivity index (χ0n) is 27.8. The Balaban J connectivity index is 1.21. The van der Waals surface area contributed by atoms with Crippen molar-refractivity contribution in [3.8, 4) is 27.9 Å². The molecule has 0 fully saturated rings. The van der Waals surface area contributed by atoms with E-state index in [4.69, 9.17) is 0 Å². The molecule has 0 amide bonds. The van der Waals surface area contributed by atoms with E-state index in [9.17, 15) is 0 Å². The number of hydrogen-bond acceptors (Lipinski definition) is 2. The first-order valence-electron chi connectivity index (χ1n) is 17.4. The predicted molar refractivity (Wildman–Crippen MR) is 219 cm³/mol. The number of aromatic nitrogens is 1. The van der Waals surface area contributed by atoms with Gasteiger partial charge in [0.05, 0.1) is 11.0 Å². The second-order valence-electron chi connectivity index (χ2n) is 13.0. The van der Waals surface area contributed by atoms with Gasteiger partial charge in [0.2, 0.25) is 0 Å². The second kappa shape index (κ2) is 12.2. The van der Waals surface area contributed by atoms with Gasteiger partial charge in [-0.3, -0.25) is 0 Å². The maximum absolute atomic E-state index is 2.40. The highest BCUT2D eigenvalue weighted by molar-refractivity contribution is 7.26. The number of fused-ring (bicyclic) bond motifs is 6. The van der Waals surface area contributed by atoms with E-state index >= 15 is 0 Å². The fourth-order valence-electron chi connectivity index (χ4n) is 7.61. The molecule has 0 aliphatic heterocycles. The number of hydrogen-bond donors (Lipinski definition) is 0. The summed E-state index contributed by atoms with van der Waals surface area (Å²) in [4.78, 5) is 2.39. The third-order valence-electron chi connectivity index (χ3n) is 9.97. The Morgan fingerprint density at radius 3 is 1.75 bits per heavy atom. The lowest BCUT2D eigenvalue weighted by atomic mass is 9.98. The largest absolute Gasteiger partial charge is 0.310 e. The van der Waals surface area contributed by atoms with Crippen LogP contribution in [0.15, 0.2) is 194 Å². The van der Waals surface area contributed by atoms with Crippen LogP contribution in [-0.4, -0.2) is 4.57 Å². The Morgan fingerprint density at radius 2 is 0.961 bits per heavy atom. The quantitative estimate of drug-likeness (QED) is 0.171. The number of nitrogens with zero attached hydrogens (tertiary/aromatic N) is 2. The molecule has 0 bridgehead atoms. The van der Waals surface area contributed by atoms with E-state index in [0.717, 1.165) is 17.1 Å². The zero-order chi connectivity index (χ0) is 33.7. The lowest BCUT2D eigenvalue weighted by Crippen LogP contribution is -2.10. The average molecular weight is 669 g/mol. The molecule has 0 spiro atoms. The number of thiophene rings is 1. The van der Waals surface area contributed by atoms with Gasteiger partial charge in [0, 0.05) is 59.3 Å². The van der Waals surface area contributed by atoms with E-state index in [1.165, 1.54) is 69.9 Å². The van der Waals surface area contributed by atoms with E-state index in [0.29, 0.717) is 0 Å². The molecule has 0 radical (unpaired) electrons. The van der Waals surface area contributed by atoms with Crippen molar-refractivity contribution in [3.05, 3.63) is 194 Å². The van der Waals surface area contributed by atoms with E-state index in [1.807, 2.05) is 11.3 Å². The molecular weight excluding hydrogens is 637 g/mol. The molecule has 0 aliphatic carbocycles. The normalized spacial score (nSPS) is 11.5. The highest BCUT2D eigenvalue weighted by atomic mass is 32.1. The highest BCUT2D eigenvalue weighted by Gasteiger charge is 2.20. The van der Waals surface area contributed by atoms with Crippen molar-refractivity contribution < 1.29 is 0 Å². The Labute approximate surface area is 300 Å². The van der Waals surface area contributed by atoms with E-state index in [1.54, 1.807) is 0 Å². The van der Waals surface area contributed by atoms with Crippen LogP contribution in [0.2, 0.25) is 0 Å². The number of rotatable bonds is 6. The van der Waals surface area contributed by atoms with Gasteiger partial charge in [-0.15, -0.1) is 11.3 Å². The minimum Gasteiger partial charge on any atom is -0.310 e. The minimum atomic E-state index is 1.12. The summed E-state index contributed by atoms with van der Waals surface area (Å²) in [6.45, 7) is 0. The Hall–Kier alpha value is -6.42. The number of para-hydroxylation sites is 3. The smallest absolute Gasteiger partial charge is 0.0541 e. The summed E-state index contributed by atoms with van der Waals surface area (Å²) >= 11 is 1.88. The number of benzene rings is 8. The summed E-state index contributed by atoms with van der Waals surface area (Å²) in [7, 11) is 0. The number of anilines is 3. The van der Waals surface area contributed by atoms with Crippen LogP contribution in [-0.2, 0) is 0 Å². The van der Waals surface area contributed by atoms with E-state index < -0.39 is 0 Å². The van der Waals surface area contributed by atoms with Crippen LogP contribution >= 0.6 is 11.3 Å². The molecule has 0 aliphatic rings. The lowest BCUT2D eigenvalue weighted by Gasteiger charge is -2.26. The molecule has 3 heteroatoms. The lowest BCUT2D eigenvalue weighted by molar-refractivity contribution is 1.18. The third-order valence-corrected chi connectivity index (χ3v) is 11.2.